The van der Waals surface area contributed by atoms with Crippen molar-refractivity contribution in [3.8, 4) is 0 Å². The Labute approximate surface area is 127 Å². The van der Waals surface area contributed by atoms with Crippen molar-refractivity contribution >= 4 is 6.08 Å². The average Bonchev–Trinajstić information content (AvgIpc) is 2.96. The van der Waals surface area contributed by atoms with Crippen molar-refractivity contribution in [1.82, 2.24) is 5.32 Å². The van der Waals surface area contributed by atoms with Gasteiger partial charge in [-0.3, -0.25) is 0 Å². The van der Waals surface area contributed by atoms with E-state index in [4.69, 9.17) is 4.74 Å². The van der Waals surface area contributed by atoms with E-state index in [1.54, 1.807) is 0 Å². The molecule has 2 N–H and O–H groups in total. The van der Waals surface area contributed by atoms with E-state index in [0.29, 0.717) is 6.04 Å². The van der Waals surface area contributed by atoms with E-state index in [1.165, 1.54) is 16.7 Å². The summed E-state index contributed by atoms with van der Waals surface area (Å²) in [5.74, 6) is 0. The number of benzene rings is 1. The van der Waals surface area contributed by atoms with E-state index in [-0.39, 0.29) is 12.0 Å². The third-order valence-electron chi connectivity index (χ3n) is 5.09. The molecule has 1 fully saturated rings. The third-order valence-corrected chi connectivity index (χ3v) is 5.09. The molecule has 0 saturated carbocycles. The number of aliphatic hydroxyl groups is 1. The lowest BCUT2D eigenvalue weighted by Crippen LogP contribution is -2.42. The zero-order chi connectivity index (χ0) is 14.7. The van der Waals surface area contributed by atoms with E-state index in [2.05, 4.69) is 30.1 Å². The Morgan fingerprint density at radius 1 is 1.38 bits per heavy atom. The summed E-state index contributed by atoms with van der Waals surface area (Å²) in [5.41, 5.74) is 4.06. The molecule has 1 saturated heterocycles. The zero-order valence-corrected chi connectivity index (χ0v) is 12.6. The molecule has 0 spiro atoms. The van der Waals surface area contributed by atoms with Crippen LogP contribution in [0.25, 0.3) is 6.08 Å². The fourth-order valence-electron chi connectivity index (χ4n) is 3.51. The van der Waals surface area contributed by atoms with Crippen LogP contribution in [0.5, 0.6) is 0 Å². The van der Waals surface area contributed by atoms with Gasteiger partial charge in [-0.05, 0) is 42.4 Å². The van der Waals surface area contributed by atoms with Crippen LogP contribution < -0.4 is 5.32 Å². The van der Waals surface area contributed by atoms with Gasteiger partial charge < -0.3 is 15.2 Å². The van der Waals surface area contributed by atoms with Crippen LogP contribution in [-0.4, -0.2) is 31.5 Å². The van der Waals surface area contributed by atoms with Gasteiger partial charge in [0.1, 0.15) is 0 Å². The summed E-state index contributed by atoms with van der Waals surface area (Å²) in [4.78, 5) is 0. The van der Waals surface area contributed by atoms with Crippen molar-refractivity contribution in [3.63, 3.8) is 0 Å². The molecule has 114 valence electrons. The Bertz CT molecular complexity index is 506. The van der Waals surface area contributed by atoms with Crippen LogP contribution in [-0.2, 0) is 11.2 Å². The van der Waals surface area contributed by atoms with Crippen LogP contribution in [0.3, 0.4) is 0 Å². The second-order valence-corrected chi connectivity index (χ2v) is 6.41. The van der Waals surface area contributed by atoms with Crippen molar-refractivity contribution in [2.24, 2.45) is 5.41 Å². The van der Waals surface area contributed by atoms with Crippen molar-refractivity contribution < 1.29 is 9.84 Å². The lowest BCUT2D eigenvalue weighted by Gasteiger charge is -2.36. The third kappa shape index (κ3) is 3.05. The molecule has 0 bridgehead atoms. The summed E-state index contributed by atoms with van der Waals surface area (Å²) in [6.45, 7) is 6.50. The molecule has 1 aliphatic heterocycles. The summed E-state index contributed by atoms with van der Waals surface area (Å²) in [5, 5.41) is 13.5. The largest absolute Gasteiger partial charge is 0.396 e. The standard InChI is InChI=1S/C18H25NO2/c1-2-14-3-5-16-15(11-14)4-6-17(16)19-12-18(13-20)7-9-21-10-8-18/h2-3,5,11,17,19-20H,1,4,6-10,12-13H2. The first-order valence-electron chi connectivity index (χ1n) is 7.94. The minimum absolute atomic E-state index is 0.00204. The van der Waals surface area contributed by atoms with Crippen molar-refractivity contribution in [3.05, 3.63) is 41.5 Å². The first-order valence-corrected chi connectivity index (χ1v) is 7.94. The smallest absolute Gasteiger partial charge is 0.0501 e. The summed E-state index contributed by atoms with van der Waals surface area (Å²) in [7, 11) is 0. The highest BCUT2D eigenvalue weighted by Crippen LogP contribution is 2.34. The molecule has 21 heavy (non-hydrogen) atoms. The van der Waals surface area contributed by atoms with Gasteiger partial charge in [0.25, 0.3) is 0 Å². The van der Waals surface area contributed by atoms with E-state index in [1.807, 2.05) is 6.08 Å². The SMILES string of the molecule is C=Cc1ccc2c(c1)CCC2NCC1(CO)CCOCC1. The highest BCUT2D eigenvalue weighted by molar-refractivity contribution is 5.51. The van der Waals surface area contributed by atoms with Gasteiger partial charge in [-0.15, -0.1) is 0 Å². The molecule has 3 rings (SSSR count). The number of rotatable bonds is 5. The van der Waals surface area contributed by atoms with Crippen LogP contribution in [0.1, 0.15) is 42.0 Å². The molecule has 0 aromatic heterocycles. The number of aliphatic hydroxyl groups excluding tert-OH is 1. The van der Waals surface area contributed by atoms with Gasteiger partial charge in [0.05, 0.1) is 6.61 Å². The molecular weight excluding hydrogens is 262 g/mol. The summed E-state index contributed by atoms with van der Waals surface area (Å²) < 4.78 is 5.43. The lowest BCUT2D eigenvalue weighted by molar-refractivity contribution is -0.0165. The molecule has 0 amide bonds. The molecule has 1 aromatic carbocycles. The number of hydrogen-bond acceptors (Lipinski definition) is 3. The number of ether oxygens (including phenoxy) is 1. The molecule has 2 aliphatic rings. The molecule has 1 aliphatic carbocycles. The van der Waals surface area contributed by atoms with Crippen molar-refractivity contribution in [1.29, 1.82) is 0 Å². The van der Waals surface area contributed by atoms with Gasteiger partial charge in [-0.25, -0.2) is 0 Å². The predicted molar refractivity (Wildman–Crippen MR) is 85.2 cm³/mol. The van der Waals surface area contributed by atoms with E-state index in [0.717, 1.165) is 45.4 Å². The molecule has 0 radical (unpaired) electrons. The van der Waals surface area contributed by atoms with Gasteiger partial charge in [-0.1, -0.05) is 30.9 Å². The minimum Gasteiger partial charge on any atom is -0.396 e. The number of aryl methyl sites for hydroxylation is 1. The monoisotopic (exact) mass is 287 g/mol. The van der Waals surface area contributed by atoms with Crippen LogP contribution in [0.4, 0.5) is 0 Å². The maximum absolute atomic E-state index is 9.77. The first-order chi connectivity index (χ1) is 10.3. The highest BCUT2D eigenvalue weighted by Gasteiger charge is 2.33. The van der Waals surface area contributed by atoms with Gasteiger partial charge in [0.2, 0.25) is 0 Å². The molecule has 1 heterocycles. The molecule has 3 nitrogen and oxygen atoms in total. The average molecular weight is 287 g/mol. The van der Waals surface area contributed by atoms with Crippen LogP contribution >= 0.6 is 0 Å². The van der Waals surface area contributed by atoms with Crippen molar-refractivity contribution in [2.75, 3.05) is 26.4 Å². The second kappa shape index (κ2) is 6.30. The van der Waals surface area contributed by atoms with E-state index < -0.39 is 0 Å². The van der Waals surface area contributed by atoms with Gasteiger partial charge in [-0.2, -0.15) is 0 Å². The Morgan fingerprint density at radius 3 is 2.90 bits per heavy atom. The number of hydrogen-bond donors (Lipinski definition) is 2. The Balaban J connectivity index is 1.66. The maximum atomic E-state index is 9.77. The van der Waals surface area contributed by atoms with E-state index >= 15 is 0 Å². The maximum Gasteiger partial charge on any atom is 0.0501 e. The normalized spacial score (nSPS) is 23.8. The first kappa shape index (κ1) is 14.8. The summed E-state index contributed by atoms with van der Waals surface area (Å²) in [6, 6.07) is 7.04. The Morgan fingerprint density at radius 2 is 2.19 bits per heavy atom. The molecule has 3 heteroatoms. The van der Waals surface area contributed by atoms with Gasteiger partial charge >= 0.3 is 0 Å². The molecule has 1 atom stereocenters. The second-order valence-electron chi connectivity index (χ2n) is 6.41. The minimum atomic E-state index is 0.00204. The van der Waals surface area contributed by atoms with Crippen LogP contribution in [0.2, 0.25) is 0 Å². The summed E-state index contributed by atoms with van der Waals surface area (Å²) >= 11 is 0. The zero-order valence-electron chi connectivity index (χ0n) is 12.6. The molecule has 1 unspecified atom stereocenters. The fraction of sp³-hybridized carbons (Fsp3) is 0.556. The highest BCUT2D eigenvalue weighted by atomic mass is 16.5. The quantitative estimate of drug-likeness (QED) is 0.875. The van der Waals surface area contributed by atoms with E-state index in [9.17, 15) is 5.11 Å². The lowest BCUT2D eigenvalue weighted by atomic mass is 9.80. The number of nitrogens with one attached hydrogen (secondary N) is 1. The Hall–Kier alpha value is -1.16. The topological polar surface area (TPSA) is 41.5 Å². The predicted octanol–water partition coefficient (Wildman–Crippen LogP) is 2.70. The Kier molecular flexibility index (Phi) is 4.43. The van der Waals surface area contributed by atoms with Crippen LogP contribution in [0.15, 0.2) is 24.8 Å². The van der Waals surface area contributed by atoms with Gasteiger partial charge in [0, 0.05) is 31.2 Å². The molecular formula is C18H25NO2. The molecule has 1 aromatic rings. The van der Waals surface area contributed by atoms with Gasteiger partial charge in [0.15, 0.2) is 0 Å². The number of fused-ring (bicyclic) bond motifs is 1. The van der Waals surface area contributed by atoms with Crippen molar-refractivity contribution in [2.45, 2.75) is 31.7 Å². The fourth-order valence-corrected chi connectivity index (χ4v) is 3.51. The summed E-state index contributed by atoms with van der Waals surface area (Å²) in [6.07, 6.45) is 6.08. The van der Waals surface area contributed by atoms with Crippen LogP contribution in [0, 0.1) is 5.41 Å².